The number of aryl methyl sites for hydroxylation is 1. The minimum atomic E-state index is -0.304. The van der Waals surface area contributed by atoms with Crippen LogP contribution in [0, 0.1) is 6.92 Å². The third-order valence-electron chi connectivity index (χ3n) is 4.14. The molecule has 28 heavy (non-hydrogen) atoms. The maximum atomic E-state index is 12.6. The standard InChI is InChI=1S/C22H22N2O3S/c1-15-9-11-18(12-10-15)28-16(2)21(25)24-20-8-4-3-7-19(20)22(26)23-14-17-6-5-13-27-17/h3-13,16H,14H2,1-2H3,(H,23,26)(H,24,25)/t16-/m1/s1. The molecular weight excluding hydrogens is 372 g/mol. The summed E-state index contributed by atoms with van der Waals surface area (Å²) in [6.45, 7) is 4.16. The largest absolute Gasteiger partial charge is 0.467 e. The molecule has 0 saturated carbocycles. The first-order valence-electron chi connectivity index (χ1n) is 8.97. The predicted octanol–water partition coefficient (Wildman–Crippen LogP) is 4.64. The smallest absolute Gasteiger partial charge is 0.253 e. The van der Waals surface area contributed by atoms with Gasteiger partial charge in [-0.2, -0.15) is 0 Å². The molecule has 0 unspecified atom stereocenters. The lowest BCUT2D eigenvalue weighted by molar-refractivity contribution is -0.115. The molecule has 3 rings (SSSR count). The summed E-state index contributed by atoms with van der Waals surface area (Å²) in [7, 11) is 0. The fourth-order valence-corrected chi connectivity index (χ4v) is 3.44. The van der Waals surface area contributed by atoms with Crippen LogP contribution in [0.1, 0.15) is 28.6 Å². The van der Waals surface area contributed by atoms with Gasteiger partial charge < -0.3 is 15.1 Å². The van der Waals surface area contributed by atoms with E-state index >= 15 is 0 Å². The van der Waals surface area contributed by atoms with Crippen LogP contribution < -0.4 is 10.6 Å². The SMILES string of the molecule is Cc1ccc(S[C@H](C)C(=O)Nc2ccccc2C(=O)NCc2ccco2)cc1. The molecule has 2 N–H and O–H groups in total. The highest BCUT2D eigenvalue weighted by Crippen LogP contribution is 2.25. The Kier molecular flexibility index (Phi) is 6.55. The molecule has 1 heterocycles. The molecular formula is C22H22N2O3S. The molecule has 0 aliphatic carbocycles. The van der Waals surface area contributed by atoms with E-state index in [1.54, 1.807) is 42.7 Å². The van der Waals surface area contributed by atoms with Crippen LogP contribution in [0.5, 0.6) is 0 Å². The van der Waals surface area contributed by atoms with E-state index in [0.717, 1.165) is 4.90 Å². The summed E-state index contributed by atoms with van der Waals surface area (Å²) in [5.74, 6) is 0.237. The van der Waals surface area contributed by atoms with Crippen molar-refractivity contribution in [1.29, 1.82) is 0 Å². The van der Waals surface area contributed by atoms with Crippen LogP contribution in [0.25, 0.3) is 0 Å². The van der Waals surface area contributed by atoms with Crippen molar-refractivity contribution in [1.82, 2.24) is 5.32 Å². The zero-order chi connectivity index (χ0) is 19.9. The number of carbonyl (C=O) groups is 2. The molecule has 5 nitrogen and oxygen atoms in total. The van der Waals surface area contributed by atoms with Crippen LogP contribution in [0.15, 0.2) is 76.2 Å². The number of rotatable bonds is 7. The van der Waals surface area contributed by atoms with Gasteiger partial charge in [0.2, 0.25) is 5.91 Å². The lowest BCUT2D eigenvalue weighted by Gasteiger charge is -2.15. The van der Waals surface area contributed by atoms with E-state index in [-0.39, 0.29) is 23.6 Å². The lowest BCUT2D eigenvalue weighted by Crippen LogP contribution is -2.27. The Hall–Kier alpha value is -2.99. The summed E-state index contributed by atoms with van der Waals surface area (Å²) in [6.07, 6.45) is 1.56. The Bertz CT molecular complexity index is 937. The van der Waals surface area contributed by atoms with Crippen LogP contribution in [0.3, 0.4) is 0 Å². The Morgan fingerprint density at radius 1 is 1.04 bits per heavy atom. The van der Waals surface area contributed by atoms with Gasteiger partial charge in [0.1, 0.15) is 5.76 Å². The number of hydrogen-bond acceptors (Lipinski definition) is 4. The average molecular weight is 394 g/mol. The van der Waals surface area contributed by atoms with Crippen LogP contribution in [-0.4, -0.2) is 17.1 Å². The topological polar surface area (TPSA) is 71.3 Å². The quantitative estimate of drug-likeness (QED) is 0.573. The van der Waals surface area contributed by atoms with E-state index in [2.05, 4.69) is 10.6 Å². The van der Waals surface area contributed by atoms with Gasteiger partial charge in [-0.25, -0.2) is 0 Å². The number of benzene rings is 2. The Balaban J connectivity index is 1.63. The number of amides is 2. The van der Waals surface area contributed by atoms with Gasteiger partial charge in [0.25, 0.3) is 5.91 Å². The van der Waals surface area contributed by atoms with Gasteiger partial charge in [0, 0.05) is 4.90 Å². The van der Waals surface area contributed by atoms with Gasteiger partial charge >= 0.3 is 0 Å². The molecule has 1 atom stereocenters. The third kappa shape index (κ3) is 5.27. The van der Waals surface area contributed by atoms with Crippen LogP contribution >= 0.6 is 11.8 Å². The predicted molar refractivity (Wildman–Crippen MR) is 111 cm³/mol. The van der Waals surface area contributed by atoms with Crippen molar-refractivity contribution >= 4 is 29.3 Å². The second kappa shape index (κ2) is 9.28. The Morgan fingerprint density at radius 3 is 2.50 bits per heavy atom. The van der Waals surface area contributed by atoms with Gasteiger partial charge in [0.15, 0.2) is 0 Å². The molecule has 0 spiro atoms. The first kappa shape index (κ1) is 19.8. The third-order valence-corrected chi connectivity index (χ3v) is 5.25. The molecule has 0 aliphatic heterocycles. The normalized spacial score (nSPS) is 11.6. The molecule has 0 aliphatic rings. The summed E-state index contributed by atoms with van der Waals surface area (Å²) in [4.78, 5) is 26.2. The minimum Gasteiger partial charge on any atom is -0.467 e. The maximum Gasteiger partial charge on any atom is 0.253 e. The minimum absolute atomic E-state index is 0.156. The number of carbonyl (C=O) groups excluding carboxylic acids is 2. The first-order chi connectivity index (χ1) is 13.5. The van der Waals surface area contributed by atoms with Gasteiger partial charge in [-0.3, -0.25) is 9.59 Å². The van der Waals surface area contributed by atoms with Crippen molar-refractivity contribution in [3.8, 4) is 0 Å². The second-order valence-electron chi connectivity index (χ2n) is 6.37. The molecule has 6 heteroatoms. The maximum absolute atomic E-state index is 12.6. The van der Waals surface area contributed by atoms with Crippen molar-refractivity contribution in [2.24, 2.45) is 0 Å². The summed E-state index contributed by atoms with van der Waals surface area (Å²) in [6, 6.07) is 18.6. The van der Waals surface area contributed by atoms with Gasteiger partial charge in [-0.1, -0.05) is 29.8 Å². The summed E-state index contributed by atoms with van der Waals surface area (Å²) >= 11 is 1.48. The van der Waals surface area contributed by atoms with E-state index in [1.165, 1.54) is 17.3 Å². The molecule has 1 aromatic heterocycles. The van der Waals surface area contributed by atoms with Crippen molar-refractivity contribution in [3.63, 3.8) is 0 Å². The van der Waals surface area contributed by atoms with Gasteiger partial charge in [-0.05, 0) is 50.2 Å². The second-order valence-corrected chi connectivity index (χ2v) is 7.78. The van der Waals surface area contributed by atoms with Gasteiger partial charge in [-0.15, -0.1) is 11.8 Å². The fraction of sp³-hybridized carbons (Fsp3) is 0.182. The number of anilines is 1. The Labute approximate surface area is 168 Å². The Morgan fingerprint density at radius 2 is 1.79 bits per heavy atom. The van der Waals surface area contributed by atoms with E-state index < -0.39 is 0 Å². The zero-order valence-electron chi connectivity index (χ0n) is 15.8. The highest BCUT2D eigenvalue weighted by atomic mass is 32.2. The van der Waals surface area contributed by atoms with E-state index in [1.807, 2.05) is 38.1 Å². The number of hydrogen-bond donors (Lipinski definition) is 2. The van der Waals surface area contributed by atoms with E-state index in [9.17, 15) is 9.59 Å². The molecule has 0 saturated heterocycles. The van der Waals surface area contributed by atoms with Crippen LogP contribution in [-0.2, 0) is 11.3 Å². The zero-order valence-corrected chi connectivity index (χ0v) is 16.6. The molecule has 0 fully saturated rings. The molecule has 2 amide bonds. The monoisotopic (exact) mass is 394 g/mol. The highest BCUT2D eigenvalue weighted by Gasteiger charge is 2.18. The number of nitrogens with one attached hydrogen (secondary N) is 2. The molecule has 0 radical (unpaired) electrons. The summed E-state index contributed by atoms with van der Waals surface area (Å²) in [5, 5.41) is 5.37. The van der Waals surface area contributed by atoms with Crippen LogP contribution in [0.2, 0.25) is 0 Å². The number of thioether (sulfide) groups is 1. The summed E-state index contributed by atoms with van der Waals surface area (Å²) in [5.41, 5.74) is 2.08. The average Bonchev–Trinajstić information content (AvgIpc) is 3.22. The van der Waals surface area contributed by atoms with E-state index in [4.69, 9.17) is 4.42 Å². The van der Waals surface area contributed by atoms with Gasteiger partial charge in [0.05, 0.1) is 29.3 Å². The molecule has 0 bridgehead atoms. The first-order valence-corrected chi connectivity index (χ1v) is 9.84. The van der Waals surface area contributed by atoms with Crippen molar-refractivity contribution in [3.05, 3.63) is 83.8 Å². The number of furan rings is 1. The van der Waals surface area contributed by atoms with Crippen molar-refractivity contribution in [2.75, 3.05) is 5.32 Å². The molecule has 2 aromatic carbocycles. The highest BCUT2D eigenvalue weighted by molar-refractivity contribution is 8.00. The number of para-hydroxylation sites is 1. The molecule has 144 valence electrons. The summed E-state index contributed by atoms with van der Waals surface area (Å²) < 4.78 is 5.22. The lowest BCUT2D eigenvalue weighted by atomic mass is 10.1. The van der Waals surface area contributed by atoms with E-state index in [0.29, 0.717) is 17.0 Å². The van der Waals surface area contributed by atoms with Crippen LogP contribution in [0.4, 0.5) is 5.69 Å². The molecule has 3 aromatic rings. The van der Waals surface area contributed by atoms with Crippen molar-refractivity contribution in [2.45, 2.75) is 30.5 Å². The fourth-order valence-electron chi connectivity index (χ4n) is 2.57. The van der Waals surface area contributed by atoms with Crippen molar-refractivity contribution < 1.29 is 14.0 Å².